The van der Waals surface area contributed by atoms with E-state index >= 15 is 0 Å². The van der Waals surface area contributed by atoms with Gasteiger partial charge in [0.1, 0.15) is 99.4 Å². The monoisotopic (exact) mass is 1250 g/mol. The molecule has 0 heterocycles. The van der Waals surface area contributed by atoms with Crippen LogP contribution in [-0.4, -0.2) is 221 Å². The summed E-state index contributed by atoms with van der Waals surface area (Å²) in [6, 6.07) is 0. The number of ether oxygens (including phenoxy) is 12. The van der Waals surface area contributed by atoms with Crippen molar-refractivity contribution in [2.24, 2.45) is 0 Å². The molecule has 30 heteroatoms. The first-order valence-electron chi connectivity index (χ1n) is 26.9. The van der Waals surface area contributed by atoms with E-state index in [1.54, 1.807) is 9.80 Å². The van der Waals surface area contributed by atoms with Gasteiger partial charge in [-0.1, -0.05) is 52.6 Å². The van der Waals surface area contributed by atoms with Gasteiger partial charge in [-0.2, -0.15) is 0 Å². The van der Waals surface area contributed by atoms with Crippen LogP contribution in [0.1, 0.15) is 55.4 Å². The molecule has 0 aliphatic heterocycles. The Hall–Kier alpha value is -9.32. The van der Waals surface area contributed by atoms with Gasteiger partial charge in [-0.15, -0.1) is 0 Å². The molecule has 490 valence electrons. The average molecular weight is 1250 g/mol. The van der Waals surface area contributed by atoms with Gasteiger partial charge in [0.2, 0.25) is 0 Å². The molecule has 0 aromatic heterocycles. The maximum Gasteiger partial charge on any atom is 0.408 e. The van der Waals surface area contributed by atoms with Crippen molar-refractivity contribution in [3.05, 3.63) is 101 Å². The van der Waals surface area contributed by atoms with Gasteiger partial charge < -0.3 is 78.1 Å². The molecule has 88 heavy (non-hydrogen) atoms. The summed E-state index contributed by atoms with van der Waals surface area (Å²) in [6.07, 6.45) is -1.31. The highest BCUT2D eigenvalue weighted by molar-refractivity contribution is 5.84. The topological polar surface area (TPSA) is 370 Å². The fourth-order valence-electron chi connectivity index (χ4n) is 7.00. The van der Waals surface area contributed by atoms with E-state index in [2.05, 4.69) is 73.9 Å². The van der Waals surface area contributed by atoms with Crippen molar-refractivity contribution in [3.63, 3.8) is 0 Å². The first-order valence-corrected chi connectivity index (χ1v) is 26.9. The third kappa shape index (κ3) is 35.2. The minimum atomic E-state index is -1.55. The fraction of sp³-hybridized carbons (Fsp3) is 0.517. The number of hydrogen-bond donors (Lipinski definition) is 4. The number of rotatable bonds is 43. The summed E-state index contributed by atoms with van der Waals surface area (Å²) in [5.41, 5.74) is -6.21. The summed E-state index contributed by atoms with van der Waals surface area (Å²) in [4.78, 5) is 154. The van der Waals surface area contributed by atoms with Crippen LogP contribution < -0.4 is 21.3 Å². The van der Waals surface area contributed by atoms with Gasteiger partial charge in [-0.3, -0.25) is 9.80 Å². The molecular formula is C58H84N6O24. The molecule has 0 saturated carbocycles. The molecule has 0 aromatic carbocycles. The van der Waals surface area contributed by atoms with E-state index in [-0.39, 0.29) is 39.3 Å². The Bertz CT molecular complexity index is 2090. The van der Waals surface area contributed by atoms with Crippen molar-refractivity contribution in [2.45, 2.75) is 102 Å². The number of amides is 4. The zero-order chi connectivity index (χ0) is 67.3. The number of alkyl carbamates (subject to hydrolysis) is 4. The molecule has 0 saturated heterocycles. The lowest BCUT2D eigenvalue weighted by Gasteiger charge is -2.34. The van der Waals surface area contributed by atoms with Crippen molar-refractivity contribution in [1.29, 1.82) is 0 Å². The van der Waals surface area contributed by atoms with Gasteiger partial charge in [-0.25, -0.2) is 57.5 Å². The second-order valence-electron chi connectivity index (χ2n) is 20.6. The molecule has 0 fully saturated rings. The van der Waals surface area contributed by atoms with E-state index in [4.69, 9.17) is 56.8 Å². The molecule has 0 bridgehead atoms. The molecule has 0 aromatic rings. The summed E-state index contributed by atoms with van der Waals surface area (Å²) < 4.78 is 64.1. The minimum absolute atomic E-state index is 0.00918. The lowest BCUT2D eigenvalue weighted by atomic mass is 10.1. The van der Waals surface area contributed by atoms with Gasteiger partial charge in [0.25, 0.3) is 0 Å². The Balaban J connectivity index is 7.38. The van der Waals surface area contributed by atoms with Crippen molar-refractivity contribution < 1.29 is 114 Å². The molecular weight excluding hydrogens is 1160 g/mol. The molecule has 0 rings (SSSR count). The third-order valence-corrected chi connectivity index (χ3v) is 11.2. The summed E-state index contributed by atoms with van der Waals surface area (Å²) in [7, 11) is 0. The summed E-state index contributed by atoms with van der Waals surface area (Å²) >= 11 is 0. The van der Waals surface area contributed by atoms with Crippen LogP contribution in [0.4, 0.5) is 19.2 Å². The average Bonchev–Trinajstić information content (AvgIpc) is 3.50. The van der Waals surface area contributed by atoms with Crippen molar-refractivity contribution >= 4 is 72.1 Å². The van der Waals surface area contributed by atoms with Gasteiger partial charge >= 0.3 is 72.1 Å². The van der Waals surface area contributed by atoms with Crippen LogP contribution in [0.3, 0.4) is 0 Å². The van der Waals surface area contributed by atoms with E-state index in [1.165, 1.54) is 55.4 Å². The molecule has 4 N–H and O–H groups in total. The molecule has 0 spiro atoms. The van der Waals surface area contributed by atoms with Gasteiger partial charge in [-0.05, 0) is 55.4 Å². The largest absolute Gasteiger partial charge is 0.460 e. The molecule has 4 amide bonds. The zero-order valence-electron chi connectivity index (χ0n) is 51.2. The lowest BCUT2D eigenvalue weighted by molar-refractivity contribution is -0.146. The van der Waals surface area contributed by atoms with E-state index in [0.717, 1.165) is 48.6 Å². The number of carbonyl (C=O) groups excluding carboxylic acids is 12. The van der Waals surface area contributed by atoms with E-state index in [9.17, 15) is 57.5 Å². The summed E-state index contributed by atoms with van der Waals surface area (Å²) in [5.74, 6) is -6.81. The van der Waals surface area contributed by atoms with Crippen LogP contribution in [-0.2, 0) is 95.2 Å². The predicted octanol–water partition coefficient (Wildman–Crippen LogP) is 2.92. The van der Waals surface area contributed by atoms with Crippen LogP contribution in [0.15, 0.2) is 101 Å². The Morgan fingerprint density at radius 3 is 0.568 bits per heavy atom. The maximum atomic E-state index is 13.6. The standard InChI is InChI=1S/C58H84N6O24/c1-17-43(65)77-31-55(13,32-78-44(66)18-2)59-51(73)85-39(9)27-63(28-40(10)86-52(74)60-56(14,33-79-45(67)19-3)34-80-46(68)20-4)25-26-64(29-41(11)87-53(75)61-57(15,35-81-47(69)21-5)36-82-48(70)22-6)30-42(12)88-54(76)62-58(16,37-83-49(71)23-7)38-84-50(72)24-8/h17-24,39-42H,1-8,25-38H2,9-16H3,(H,59,73)(H,60,74)(H,61,75)(H,62,76). The predicted molar refractivity (Wildman–Crippen MR) is 312 cm³/mol. The normalized spacial score (nSPS) is 12.5. The Morgan fingerprint density at radius 2 is 0.443 bits per heavy atom. The van der Waals surface area contributed by atoms with Crippen LogP contribution in [0.2, 0.25) is 0 Å². The first kappa shape index (κ1) is 78.7. The van der Waals surface area contributed by atoms with Gasteiger partial charge in [0, 0.05) is 87.9 Å². The van der Waals surface area contributed by atoms with Gasteiger partial charge in [0.15, 0.2) is 0 Å². The van der Waals surface area contributed by atoms with Crippen molar-refractivity contribution in [3.8, 4) is 0 Å². The lowest BCUT2D eigenvalue weighted by Crippen LogP contribution is -2.55. The smallest absolute Gasteiger partial charge is 0.408 e. The molecule has 0 aliphatic rings. The number of esters is 8. The number of carbonyl (C=O) groups is 12. The fourth-order valence-corrected chi connectivity index (χ4v) is 7.00. The number of nitrogens with zero attached hydrogens (tertiary/aromatic N) is 2. The minimum Gasteiger partial charge on any atom is -0.460 e. The van der Waals surface area contributed by atoms with E-state index in [0.29, 0.717) is 0 Å². The molecule has 0 aliphatic carbocycles. The maximum absolute atomic E-state index is 13.6. The van der Waals surface area contributed by atoms with Crippen LogP contribution in [0.25, 0.3) is 0 Å². The second-order valence-corrected chi connectivity index (χ2v) is 20.6. The quantitative estimate of drug-likeness (QED) is 0.0387. The molecule has 4 atom stereocenters. The highest BCUT2D eigenvalue weighted by Gasteiger charge is 2.36. The second kappa shape index (κ2) is 40.1. The van der Waals surface area contributed by atoms with Crippen molar-refractivity contribution in [1.82, 2.24) is 31.1 Å². The van der Waals surface area contributed by atoms with Crippen LogP contribution >= 0.6 is 0 Å². The number of nitrogens with one attached hydrogen (secondary N) is 4. The molecule has 30 nitrogen and oxygen atoms in total. The van der Waals surface area contributed by atoms with Crippen molar-refractivity contribution in [2.75, 3.05) is 92.1 Å². The van der Waals surface area contributed by atoms with Gasteiger partial charge in [0.05, 0.1) is 0 Å². The highest BCUT2D eigenvalue weighted by Crippen LogP contribution is 2.15. The molecule has 0 radical (unpaired) electrons. The first-order chi connectivity index (χ1) is 41.2. The van der Waals surface area contributed by atoms with Crippen LogP contribution in [0, 0.1) is 0 Å². The SMILES string of the molecule is C=CC(=O)OCC(C)(COC(=O)C=C)NC(=O)OC(C)CN(CCN(CC(C)OC(=O)NC(C)(COC(=O)C=C)COC(=O)C=C)CC(C)OC(=O)NC(C)(COC(=O)C=C)COC(=O)C=C)CC(C)OC(=O)NC(C)(COC(=O)C=C)COC(=O)C=C. The Kier molecular flexibility index (Phi) is 35.9. The van der Waals surface area contributed by atoms with E-state index in [1.807, 2.05) is 0 Å². The van der Waals surface area contributed by atoms with Crippen LogP contribution in [0.5, 0.6) is 0 Å². The zero-order valence-corrected chi connectivity index (χ0v) is 51.2. The summed E-state index contributed by atoms with van der Waals surface area (Å²) in [6.45, 7) is 33.8. The summed E-state index contributed by atoms with van der Waals surface area (Å²) in [5, 5.41) is 10.2. The van der Waals surface area contributed by atoms with E-state index < -0.39 is 172 Å². The molecule has 4 unspecified atom stereocenters. The Labute approximate surface area is 511 Å². The highest BCUT2D eigenvalue weighted by atomic mass is 16.6. The third-order valence-electron chi connectivity index (χ3n) is 11.2. The number of hydrogen-bond acceptors (Lipinski definition) is 26. The Morgan fingerprint density at radius 1 is 0.307 bits per heavy atom.